The Balaban J connectivity index is 1.62. The summed E-state index contributed by atoms with van der Waals surface area (Å²) in [7, 11) is 0. The van der Waals surface area contributed by atoms with E-state index in [1.54, 1.807) is 6.08 Å². The van der Waals surface area contributed by atoms with Crippen molar-refractivity contribution >= 4 is 12.0 Å². The number of benzene rings is 1. The molecule has 2 atom stereocenters. The van der Waals surface area contributed by atoms with Gasteiger partial charge in [-0.3, -0.25) is 4.79 Å². The lowest BCUT2D eigenvalue weighted by atomic mass is 10.2. The Bertz CT molecular complexity index is 595. The fourth-order valence-electron chi connectivity index (χ4n) is 3.49. The molecule has 0 aromatic heterocycles. The lowest BCUT2D eigenvalue weighted by Gasteiger charge is -2.20. The van der Waals surface area contributed by atoms with Gasteiger partial charge in [0.2, 0.25) is 5.91 Å². The van der Waals surface area contributed by atoms with Gasteiger partial charge in [-0.05, 0) is 55.9 Å². The highest BCUT2D eigenvalue weighted by molar-refractivity contribution is 5.92. The van der Waals surface area contributed by atoms with Gasteiger partial charge in [0.15, 0.2) is 0 Å². The smallest absolute Gasteiger partial charge is 0.246 e. The molecule has 130 valence electrons. The zero-order valence-electron chi connectivity index (χ0n) is 13.8. The van der Waals surface area contributed by atoms with Gasteiger partial charge in [-0.15, -0.1) is 0 Å². The maximum Gasteiger partial charge on any atom is 0.246 e. The van der Waals surface area contributed by atoms with Crippen LogP contribution in [0.3, 0.4) is 0 Å². The van der Waals surface area contributed by atoms with Crippen molar-refractivity contribution < 1.29 is 19.7 Å². The molecule has 0 spiro atoms. The van der Waals surface area contributed by atoms with Gasteiger partial charge in [0.1, 0.15) is 5.75 Å². The molecule has 5 nitrogen and oxygen atoms in total. The lowest BCUT2D eigenvalue weighted by Crippen LogP contribution is -2.36. The van der Waals surface area contributed by atoms with Crippen LogP contribution in [0.1, 0.15) is 37.7 Å². The second-order valence-corrected chi connectivity index (χ2v) is 6.65. The van der Waals surface area contributed by atoms with E-state index < -0.39 is 6.10 Å². The monoisotopic (exact) mass is 331 g/mol. The summed E-state index contributed by atoms with van der Waals surface area (Å²) >= 11 is 0. The van der Waals surface area contributed by atoms with Gasteiger partial charge in [-0.25, -0.2) is 0 Å². The van der Waals surface area contributed by atoms with Crippen molar-refractivity contribution in [2.75, 3.05) is 13.2 Å². The van der Waals surface area contributed by atoms with Gasteiger partial charge in [0.25, 0.3) is 0 Å². The predicted octanol–water partition coefficient (Wildman–Crippen LogP) is 1.98. The molecule has 0 unspecified atom stereocenters. The quantitative estimate of drug-likeness (QED) is 0.810. The van der Waals surface area contributed by atoms with Crippen molar-refractivity contribution in [1.82, 2.24) is 4.90 Å². The highest BCUT2D eigenvalue weighted by Gasteiger charge is 2.32. The average Bonchev–Trinajstić information content (AvgIpc) is 3.22. The van der Waals surface area contributed by atoms with Crippen LogP contribution in [0.5, 0.6) is 5.75 Å². The zero-order chi connectivity index (χ0) is 16.9. The van der Waals surface area contributed by atoms with E-state index in [2.05, 4.69) is 0 Å². The fourth-order valence-corrected chi connectivity index (χ4v) is 3.49. The van der Waals surface area contributed by atoms with Gasteiger partial charge in [0, 0.05) is 12.6 Å². The molecule has 1 aromatic rings. The van der Waals surface area contributed by atoms with Crippen LogP contribution in [0, 0.1) is 0 Å². The first-order chi connectivity index (χ1) is 11.7. The topological polar surface area (TPSA) is 70.0 Å². The standard InChI is InChI=1S/C19H25NO4/c21-13-15-11-16(22)12-20(15)19(23)9-8-14-4-3-7-18(10-14)24-17-5-1-2-6-17/h3-4,7-10,15-17,21-22H,1-2,5-6,11-13H2/b9-8+/t15-,16+/m0/s1. The number of carbonyl (C=O) groups is 1. The maximum absolute atomic E-state index is 12.3. The van der Waals surface area contributed by atoms with Crippen molar-refractivity contribution in [2.24, 2.45) is 0 Å². The molecule has 1 saturated carbocycles. The number of aliphatic hydroxyl groups is 2. The van der Waals surface area contributed by atoms with E-state index in [9.17, 15) is 15.0 Å². The molecule has 1 saturated heterocycles. The number of carbonyl (C=O) groups excluding carboxylic acids is 1. The molecule has 1 amide bonds. The zero-order valence-corrected chi connectivity index (χ0v) is 13.8. The molecule has 1 aromatic carbocycles. The molecule has 1 aliphatic carbocycles. The number of β-amino-alcohol motifs (C(OH)–C–C–N with tert-alkyl or cyclic N) is 1. The maximum atomic E-state index is 12.3. The van der Waals surface area contributed by atoms with Crippen molar-refractivity contribution in [3.63, 3.8) is 0 Å². The van der Waals surface area contributed by atoms with Gasteiger partial charge in [-0.2, -0.15) is 0 Å². The molecule has 1 heterocycles. The number of likely N-dealkylation sites (tertiary alicyclic amines) is 1. The van der Waals surface area contributed by atoms with Crippen LogP contribution in [-0.2, 0) is 4.79 Å². The molecule has 0 radical (unpaired) electrons. The Morgan fingerprint density at radius 2 is 2.12 bits per heavy atom. The Hall–Kier alpha value is -1.85. The molecule has 2 fully saturated rings. The second-order valence-electron chi connectivity index (χ2n) is 6.65. The highest BCUT2D eigenvalue weighted by Crippen LogP contribution is 2.25. The summed E-state index contributed by atoms with van der Waals surface area (Å²) in [5, 5.41) is 19.0. The van der Waals surface area contributed by atoms with Gasteiger partial charge >= 0.3 is 0 Å². The minimum atomic E-state index is -0.553. The molecule has 24 heavy (non-hydrogen) atoms. The average molecular weight is 331 g/mol. The van der Waals surface area contributed by atoms with Crippen LogP contribution in [0.15, 0.2) is 30.3 Å². The van der Waals surface area contributed by atoms with Gasteiger partial charge in [0.05, 0.1) is 24.9 Å². The normalized spacial score (nSPS) is 24.8. The third-order valence-electron chi connectivity index (χ3n) is 4.77. The third-order valence-corrected chi connectivity index (χ3v) is 4.77. The SMILES string of the molecule is O=C(/C=C/c1cccc(OC2CCCC2)c1)N1C[C@H](O)C[C@H]1CO. The van der Waals surface area contributed by atoms with Crippen LogP contribution < -0.4 is 4.74 Å². The minimum absolute atomic E-state index is 0.124. The summed E-state index contributed by atoms with van der Waals surface area (Å²) in [6.45, 7) is 0.153. The summed E-state index contributed by atoms with van der Waals surface area (Å²) in [6.07, 6.45) is 8.11. The number of amides is 1. The molecule has 5 heteroatoms. The van der Waals surface area contributed by atoms with E-state index in [4.69, 9.17) is 4.74 Å². The first-order valence-corrected chi connectivity index (χ1v) is 8.70. The number of nitrogens with zero attached hydrogens (tertiary/aromatic N) is 1. The van der Waals surface area contributed by atoms with Crippen LogP contribution in [0.25, 0.3) is 6.08 Å². The molecule has 2 aliphatic rings. The lowest BCUT2D eigenvalue weighted by molar-refractivity contribution is -0.127. The minimum Gasteiger partial charge on any atom is -0.490 e. The summed E-state index contributed by atoms with van der Waals surface area (Å²) in [5.41, 5.74) is 0.902. The van der Waals surface area contributed by atoms with E-state index in [1.165, 1.54) is 23.8 Å². The van der Waals surface area contributed by atoms with Crippen LogP contribution >= 0.6 is 0 Å². The first kappa shape index (κ1) is 17.0. The largest absolute Gasteiger partial charge is 0.490 e. The third kappa shape index (κ3) is 4.16. The van der Waals surface area contributed by atoms with Gasteiger partial charge in [-0.1, -0.05) is 12.1 Å². The van der Waals surface area contributed by atoms with Crippen molar-refractivity contribution in [2.45, 2.75) is 50.4 Å². The predicted molar refractivity (Wildman–Crippen MR) is 91.6 cm³/mol. The molecule has 1 aliphatic heterocycles. The fraction of sp³-hybridized carbons (Fsp3) is 0.526. The number of rotatable bonds is 5. The van der Waals surface area contributed by atoms with E-state index in [1.807, 2.05) is 24.3 Å². The Labute approximate surface area is 142 Å². The Morgan fingerprint density at radius 3 is 2.88 bits per heavy atom. The van der Waals surface area contributed by atoms with E-state index >= 15 is 0 Å². The Kier molecular flexibility index (Phi) is 5.53. The summed E-state index contributed by atoms with van der Waals surface area (Å²) in [5.74, 6) is 0.647. The first-order valence-electron chi connectivity index (χ1n) is 8.70. The van der Waals surface area contributed by atoms with Gasteiger partial charge < -0.3 is 19.8 Å². The second kappa shape index (κ2) is 7.81. The molecule has 0 bridgehead atoms. The summed E-state index contributed by atoms with van der Waals surface area (Å²) in [4.78, 5) is 13.8. The molecular weight excluding hydrogens is 306 g/mol. The number of hydrogen-bond acceptors (Lipinski definition) is 4. The highest BCUT2D eigenvalue weighted by atomic mass is 16.5. The van der Waals surface area contributed by atoms with Crippen molar-refractivity contribution in [3.8, 4) is 5.75 Å². The molecule has 3 rings (SSSR count). The number of hydrogen-bond donors (Lipinski definition) is 2. The van der Waals surface area contributed by atoms with E-state index in [0.717, 1.165) is 24.2 Å². The number of aliphatic hydroxyl groups excluding tert-OH is 2. The molecular formula is C19H25NO4. The summed E-state index contributed by atoms with van der Waals surface area (Å²) < 4.78 is 5.98. The van der Waals surface area contributed by atoms with Crippen LogP contribution in [0.2, 0.25) is 0 Å². The number of ether oxygens (including phenoxy) is 1. The van der Waals surface area contributed by atoms with Crippen LogP contribution in [-0.4, -0.2) is 52.4 Å². The van der Waals surface area contributed by atoms with Crippen molar-refractivity contribution in [1.29, 1.82) is 0 Å². The summed E-state index contributed by atoms with van der Waals surface area (Å²) in [6, 6.07) is 7.42. The van der Waals surface area contributed by atoms with E-state index in [-0.39, 0.29) is 25.1 Å². The van der Waals surface area contributed by atoms with Crippen LogP contribution in [0.4, 0.5) is 0 Å². The van der Waals surface area contributed by atoms with Crippen molar-refractivity contribution in [3.05, 3.63) is 35.9 Å². The molecule has 2 N–H and O–H groups in total. The van der Waals surface area contributed by atoms with E-state index in [0.29, 0.717) is 12.5 Å². The Morgan fingerprint density at radius 1 is 1.33 bits per heavy atom.